The van der Waals surface area contributed by atoms with Gasteiger partial charge in [0.15, 0.2) is 11.5 Å². The Hall–Kier alpha value is -4.19. The molecular weight excluding hydrogens is 464 g/mol. The van der Waals surface area contributed by atoms with E-state index in [-0.39, 0.29) is 35.5 Å². The van der Waals surface area contributed by atoms with Crippen LogP contribution in [0.4, 0.5) is 0 Å². The zero-order valence-corrected chi connectivity index (χ0v) is 20.7. The first-order valence-corrected chi connectivity index (χ1v) is 12.6. The molecule has 0 radical (unpaired) electrons. The van der Waals surface area contributed by atoms with E-state index >= 15 is 0 Å². The van der Waals surface area contributed by atoms with Crippen LogP contribution in [-0.2, 0) is 22.6 Å². The highest BCUT2D eigenvalue weighted by Gasteiger charge is 2.59. The van der Waals surface area contributed by atoms with Crippen LogP contribution in [0.15, 0.2) is 84.5 Å². The van der Waals surface area contributed by atoms with Crippen molar-refractivity contribution in [2.75, 3.05) is 7.11 Å². The van der Waals surface area contributed by atoms with Crippen LogP contribution in [0.1, 0.15) is 23.1 Å². The highest BCUT2D eigenvalue weighted by Crippen LogP contribution is 2.52. The maximum Gasteiger partial charge on any atom is 0.254 e. The number of hydrazone groups is 1. The molecule has 0 spiro atoms. The average molecular weight is 493 g/mol. The minimum absolute atomic E-state index is 0.157. The van der Waals surface area contributed by atoms with Gasteiger partial charge in [-0.2, -0.15) is 10.1 Å². The normalized spacial score (nSPS) is 23.9. The second kappa shape index (κ2) is 9.36. The Balaban J connectivity index is 1.26. The summed E-state index contributed by atoms with van der Waals surface area (Å²) in [5.41, 5.74) is 2.68. The van der Waals surface area contributed by atoms with Crippen LogP contribution in [0.2, 0.25) is 0 Å². The van der Waals surface area contributed by atoms with Crippen molar-refractivity contribution < 1.29 is 19.1 Å². The van der Waals surface area contributed by atoms with Crippen molar-refractivity contribution in [3.8, 4) is 11.5 Å². The van der Waals surface area contributed by atoms with Crippen molar-refractivity contribution in [2.24, 2.45) is 28.8 Å². The fraction of sp³-hybridized carbons (Fsp3) is 0.258. The highest BCUT2D eigenvalue weighted by molar-refractivity contribution is 6.06. The molecule has 0 N–H and O–H groups in total. The summed E-state index contributed by atoms with van der Waals surface area (Å²) in [6.45, 7) is 4.27. The van der Waals surface area contributed by atoms with Crippen molar-refractivity contribution in [2.45, 2.75) is 19.4 Å². The second-order valence-corrected chi connectivity index (χ2v) is 9.86. The Morgan fingerprint density at radius 2 is 1.73 bits per heavy atom. The van der Waals surface area contributed by atoms with Crippen LogP contribution in [-0.4, -0.2) is 30.1 Å². The quantitative estimate of drug-likeness (QED) is 0.243. The first-order valence-electron chi connectivity index (χ1n) is 12.6. The molecular formula is C31H28N2O4. The van der Waals surface area contributed by atoms with Gasteiger partial charge in [0.2, 0.25) is 0 Å². The molecule has 0 unspecified atom stereocenters. The number of amides is 2. The number of hydrogen-bond donors (Lipinski definition) is 0. The van der Waals surface area contributed by atoms with Crippen LogP contribution >= 0.6 is 0 Å². The van der Waals surface area contributed by atoms with Crippen LogP contribution in [0, 0.1) is 23.7 Å². The summed E-state index contributed by atoms with van der Waals surface area (Å²) in [5, 5.41) is 7.69. The molecule has 3 aromatic carbocycles. The smallest absolute Gasteiger partial charge is 0.254 e. The van der Waals surface area contributed by atoms with Gasteiger partial charge in [-0.05, 0) is 58.7 Å². The predicted octanol–water partition coefficient (Wildman–Crippen LogP) is 5.30. The van der Waals surface area contributed by atoms with E-state index in [2.05, 4.69) is 48.1 Å². The third-order valence-corrected chi connectivity index (χ3v) is 7.76. The molecule has 0 aromatic heterocycles. The topological polar surface area (TPSA) is 68.2 Å². The van der Waals surface area contributed by atoms with Gasteiger partial charge >= 0.3 is 0 Å². The lowest BCUT2D eigenvalue weighted by Crippen LogP contribution is -2.28. The minimum atomic E-state index is -0.268. The molecule has 1 saturated carbocycles. The molecule has 4 atom stereocenters. The number of carbonyl (C=O) groups is 2. The van der Waals surface area contributed by atoms with Gasteiger partial charge in [0, 0.05) is 5.56 Å². The average Bonchev–Trinajstić information content (AvgIpc) is 3.60. The Kier molecular flexibility index (Phi) is 5.87. The molecule has 1 heterocycles. The second-order valence-electron chi connectivity index (χ2n) is 9.86. The molecule has 2 bridgehead atoms. The monoisotopic (exact) mass is 492 g/mol. The lowest BCUT2D eigenvalue weighted by Gasteiger charge is -2.17. The number of rotatable bonds is 8. The van der Waals surface area contributed by atoms with E-state index in [0.29, 0.717) is 30.1 Å². The number of hydrogen-bond acceptors (Lipinski definition) is 5. The Bertz CT molecular complexity index is 1440. The standard InChI is InChI=1S/C31H28N2O4/c1-3-7-23-14-19(17-32-33-30(34)27-21-12-13-22(16-21)28(27)31(33)35)15-26(36-2)29(23)37-18-24-10-6-9-20-8-4-5-11-25(20)24/h3-6,8-15,17,21-22,27-28H,1,7,16,18H2,2H3/t21-,22-,27-,28+/m0/s1. The van der Waals surface area contributed by atoms with Gasteiger partial charge in [-0.25, -0.2) is 0 Å². The van der Waals surface area contributed by atoms with E-state index < -0.39 is 0 Å². The number of imide groups is 1. The van der Waals surface area contributed by atoms with Crippen LogP contribution in [0.5, 0.6) is 11.5 Å². The molecule has 37 heavy (non-hydrogen) atoms. The zero-order chi connectivity index (χ0) is 25.5. The highest BCUT2D eigenvalue weighted by atomic mass is 16.5. The molecule has 1 aliphatic heterocycles. The molecule has 186 valence electrons. The summed E-state index contributed by atoms with van der Waals surface area (Å²) in [4.78, 5) is 25.9. The number of ether oxygens (including phenoxy) is 2. The summed E-state index contributed by atoms with van der Waals surface area (Å²) in [7, 11) is 1.59. The molecule has 3 aliphatic rings. The van der Waals surface area contributed by atoms with Gasteiger partial charge in [-0.3, -0.25) is 9.59 Å². The first-order chi connectivity index (χ1) is 18.1. The zero-order valence-electron chi connectivity index (χ0n) is 20.7. The third kappa shape index (κ3) is 3.93. The summed E-state index contributed by atoms with van der Waals surface area (Å²) < 4.78 is 12.0. The van der Waals surface area contributed by atoms with Crippen LogP contribution < -0.4 is 9.47 Å². The van der Waals surface area contributed by atoms with E-state index in [9.17, 15) is 9.59 Å². The Morgan fingerprint density at radius 1 is 1.00 bits per heavy atom. The van der Waals surface area contributed by atoms with Gasteiger partial charge in [0.1, 0.15) is 6.61 Å². The lowest BCUT2D eigenvalue weighted by atomic mass is 9.85. The molecule has 1 saturated heterocycles. The maximum absolute atomic E-state index is 13.0. The van der Waals surface area contributed by atoms with Gasteiger partial charge in [-0.15, -0.1) is 6.58 Å². The molecule has 6 heteroatoms. The van der Waals surface area contributed by atoms with E-state index in [1.807, 2.05) is 30.3 Å². The number of carbonyl (C=O) groups excluding carboxylic acids is 2. The number of methoxy groups -OCH3 is 1. The molecule has 2 aliphatic carbocycles. The Labute approximate surface area is 215 Å². The van der Waals surface area contributed by atoms with Gasteiger partial charge in [0.25, 0.3) is 11.8 Å². The minimum Gasteiger partial charge on any atom is -0.493 e. The number of fused-ring (bicyclic) bond motifs is 6. The van der Waals surface area contributed by atoms with E-state index in [0.717, 1.165) is 33.3 Å². The molecule has 2 amide bonds. The summed E-state index contributed by atoms with van der Waals surface area (Å²) in [6, 6.07) is 18.1. The van der Waals surface area contributed by atoms with E-state index in [1.165, 1.54) is 0 Å². The largest absolute Gasteiger partial charge is 0.493 e. The third-order valence-electron chi connectivity index (χ3n) is 7.76. The molecule has 2 fully saturated rings. The van der Waals surface area contributed by atoms with Crippen molar-refractivity contribution in [1.82, 2.24) is 5.01 Å². The summed E-state index contributed by atoms with van der Waals surface area (Å²) >= 11 is 0. The fourth-order valence-corrected chi connectivity index (χ4v) is 6.07. The number of nitrogens with zero attached hydrogens (tertiary/aromatic N) is 2. The summed E-state index contributed by atoms with van der Waals surface area (Å²) in [5.74, 6) is 0.573. The predicted molar refractivity (Wildman–Crippen MR) is 142 cm³/mol. The number of benzene rings is 3. The van der Waals surface area contributed by atoms with Crippen molar-refractivity contribution in [3.63, 3.8) is 0 Å². The molecule has 6 rings (SSSR count). The van der Waals surface area contributed by atoms with Crippen molar-refractivity contribution in [3.05, 3.63) is 96.1 Å². The Morgan fingerprint density at radius 3 is 2.46 bits per heavy atom. The number of allylic oxidation sites excluding steroid dienone is 3. The van der Waals surface area contributed by atoms with E-state index in [4.69, 9.17) is 9.47 Å². The van der Waals surface area contributed by atoms with E-state index in [1.54, 1.807) is 19.4 Å². The van der Waals surface area contributed by atoms with Gasteiger partial charge < -0.3 is 9.47 Å². The first kappa shape index (κ1) is 23.2. The van der Waals surface area contributed by atoms with Gasteiger partial charge in [0.05, 0.1) is 25.2 Å². The maximum atomic E-state index is 13.0. The van der Waals surface area contributed by atoms with Crippen molar-refractivity contribution >= 4 is 28.8 Å². The molecule has 3 aromatic rings. The van der Waals surface area contributed by atoms with Crippen LogP contribution in [0.25, 0.3) is 10.8 Å². The SMILES string of the molecule is C=CCc1cc(C=NN2C(=O)[C@@H]3[C@H](C2=O)[C@H]2C=C[C@H]3C2)cc(OC)c1OCc1cccc2ccccc12. The summed E-state index contributed by atoms with van der Waals surface area (Å²) in [6.07, 6.45) is 8.96. The van der Waals surface area contributed by atoms with Gasteiger partial charge in [-0.1, -0.05) is 60.7 Å². The fourth-order valence-electron chi connectivity index (χ4n) is 6.07. The lowest BCUT2D eigenvalue weighted by molar-refractivity contribution is -0.140. The molecule has 6 nitrogen and oxygen atoms in total. The van der Waals surface area contributed by atoms with Crippen LogP contribution in [0.3, 0.4) is 0 Å². The van der Waals surface area contributed by atoms with Crippen molar-refractivity contribution in [1.29, 1.82) is 0 Å².